The molecule has 3 rings (SSSR count). The van der Waals surface area contributed by atoms with Crippen molar-refractivity contribution in [2.24, 2.45) is 5.92 Å². The largest absolute Gasteiger partial charge is 0.383 e. The van der Waals surface area contributed by atoms with Crippen LogP contribution in [0.25, 0.3) is 10.1 Å². The van der Waals surface area contributed by atoms with Gasteiger partial charge in [0.2, 0.25) is 5.91 Å². The summed E-state index contributed by atoms with van der Waals surface area (Å²) in [4.78, 5) is 26.9. The topological polar surface area (TPSA) is 58.6 Å². The zero-order chi connectivity index (χ0) is 17.6. The Labute approximate surface area is 152 Å². The van der Waals surface area contributed by atoms with Crippen LogP contribution < -0.4 is 5.32 Å². The van der Waals surface area contributed by atoms with E-state index in [2.05, 4.69) is 5.32 Å². The summed E-state index contributed by atoms with van der Waals surface area (Å²) >= 11 is 1.68. The highest BCUT2D eigenvalue weighted by atomic mass is 32.1. The summed E-state index contributed by atoms with van der Waals surface area (Å²) in [6, 6.07) is 7.92. The number of likely N-dealkylation sites (tertiary alicyclic amines) is 1. The van der Waals surface area contributed by atoms with E-state index in [1.807, 2.05) is 34.5 Å². The van der Waals surface area contributed by atoms with Crippen molar-refractivity contribution in [1.82, 2.24) is 10.2 Å². The lowest BCUT2D eigenvalue weighted by Gasteiger charge is -2.20. The number of fused-ring (bicyclic) bond motifs is 1. The Morgan fingerprint density at radius 2 is 2.16 bits per heavy atom. The van der Waals surface area contributed by atoms with E-state index in [0.717, 1.165) is 23.8 Å². The first kappa shape index (κ1) is 17.9. The number of carbonyl (C=O) groups is 2. The maximum atomic E-state index is 12.8. The van der Waals surface area contributed by atoms with Gasteiger partial charge in [-0.25, -0.2) is 0 Å². The van der Waals surface area contributed by atoms with Gasteiger partial charge in [-0.1, -0.05) is 0 Å². The van der Waals surface area contributed by atoms with Gasteiger partial charge in [0.25, 0.3) is 5.91 Å². The minimum atomic E-state index is -0.0194. The Bertz CT molecular complexity index is 743. The van der Waals surface area contributed by atoms with Gasteiger partial charge in [0.1, 0.15) is 0 Å². The summed E-state index contributed by atoms with van der Waals surface area (Å²) in [5.41, 5.74) is 0.730. The molecule has 1 saturated heterocycles. The Kier molecular flexibility index (Phi) is 6.04. The van der Waals surface area contributed by atoms with Crippen molar-refractivity contribution in [3.63, 3.8) is 0 Å². The van der Waals surface area contributed by atoms with Crippen LogP contribution in [-0.4, -0.2) is 50.1 Å². The van der Waals surface area contributed by atoms with Crippen LogP contribution >= 0.6 is 11.3 Å². The number of nitrogens with zero attached hydrogens (tertiary/aromatic N) is 1. The quantitative estimate of drug-likeness (QED) is 0.834. The molecule has 6 heteroatoms. The van der Waals surface area contributed by atoms with Gasteiger partial charge in [0.15, 0.2) is 0 Å². The summed E-state index contributed by atoms with van der Waals surface area (Å²) in [5, 5.41) is 6.06. The van der Waals surface area contributed by atoms with Gasteiger partial charge in [-0.2, -0.15) is 0 Å². The normalized spacial score (nSPS) is 18.1. The number of amides is 2. The molecule has 1 unspecified atom stereocenters. The van der Waals surface area contributed by atoms with Crippen LogP contribution in [0.5, 0.6) is 0 Å². The molecule has 1 fully saturated rings. The van der Waals surface area contributed by atoms with Crippen molar-refractivity contribution in [1.29, 1.82) is 0 Å². The zero-order valence-corrected chi connectivity index (χ0v) is 15.3. The molecular formula is C19H24N2O3S. The molecule has 25 heavy (non-hydrogen) atoms. The van der Waals surface area contributed by atoms with E-state index >= 15 is 0 Å². The molecule has 134 valence electrons. The average molecular weight is 360 g/mol. The standard InChI is InChI=1S/C19H24N2O3S/c1-24-11-8-20-18(22)14-3-2-9-21(10-6-14)19(23)16-4-5-17-15(13-16)7-12-25-17/h4-5,7,12-14H,2-3,6,8-11H2,1H3,(H,20,22). The number of nitrogens with one attached hydrogen (secondary N) is 1. The fourth-order valence-electron chi connectivity index (χ4n) is 3.26. The number of ether oxygens (including phenoxy) is 1. The molecule has 0 saturated carbocycles. The number of hydrogen-bond acceptors (Lipinski definition) is 4. The third-order valence-corrected chi connectivity index (χ3v) is 5.59. The maximum absolute atomic E-state index is 12.8. The Hall–Kier alpha value is -1.92. The Balaban J connectivity index is 1.60. The van der Waals surface area contributed by atoms with Crippen molar-refractivity contribution in [2.45, 2.75) is 19.3 Å². The highest BCUT2D eigenvalue weighted by Crippen LogP contribution is 2.24. The number of benzene rings is 1. The van der Waals surface area contributed by atoms with E-state index in [1.165, 1.54) is 4.70 Å². The lowest BCUT2D eigenvalue weighted by atomic mass is 10.00. The van der Waals surface area contributed by atoms with Crippen molar-refractivity contribution < 1.29 is 14.3 Å². The Morgan fingerprint density at radius 1 is 1.28 bits per heavy atom. The van der Waals surface area contributed by atoms with Crippen molar-refractivity contribution in [2.75, 3.05) is 33.4 Å². The molecule has 1 N–H and O–H groups in total. The van der Waals surface area contributed by atoms with Crippen molar-refractivity contribution >= 4 is 33.2 Å². The fourth-order valence-corrected chi connectivity index (χ4v) is 4.04. The second-order valence-electron chi connectivity index (χ2n) is 6.38. The van der Waals surface area contributed by atoms with Crippen LogP contribution in [0.3, 0.4) is 0 Å². The monoisotopic (exact) mass is 360 g/mol. The molecule has 1 aromatic heterocycles. The molecule has 0 spiro atoms. The van der Waals surface area contributed by atoms with Crippen LogP contribution in [0.1, 0.15) is 29.6 Å². The van der Waals surface area contributed by atoms with E-state index in [1.54, 1.807) is 18.4 Å². The smallest absolute Gasteiger partial charge is 0.253 e. The van der Waals surface area contributed by atoms with E-state index in [0.29, 0.717) is 32.7 Å². The van der Waals surface area contributed by atoms with Crippen molar-refractivity contribution in [3.05, 3.63) is 35.2 Å². The van der Waals surface area contributed by atoms with E-state index in [4.69, 9.17) is 4.74 Å². The highest BCUT2D eigenvalue weighted by molar-refractivity contribution is 7.17. The second kappa shape index (κ2) is 8.45. The summed E-state index contributed by atoms with van der Waals surface area (Å²) in [6.45, 7) is 2.40. The number of methoxy groups -OCH3 is 1. The van der Waals surface area contributed by atoms with Crippen LogP contribution in [0.15, 0.2) is 29.6 Å². The summed E-state index contributed by atoms with van der Waals surface area (Å²) in [7, 11) is 1.62. The summed E-state index contributed by atoms with van der Waals surface area (Å²) < 4.78 is 6.15. The molecule has 1 aliphatic heterocycles. The van der Waals surface area contributed by atoms with Gasteiger partial charge in [0, 0.05) is 42.9 Å². The van der Waals surface area contributed by atoms with Crippen molar-refractivity contribution in [3.8, 4) is 0 Å². The summed E-state index contributed by atoms with van der Waals surface area (Å²) in [6.07, 6.45) is 2.40. The lowest BCUT2D eigenvalue weighted by molar-refractivity contribution is -0.125. The molecule has 2 aromatic rings. The number of thiophene rings is 1. The molecule has 0 bridgehead atoms. The predicted octanol–water partition coefficient (Wildman–Crippen LogP) is 2.91. The molecule has 0 radical (unpaired) electrons. The molecular weight excluding hydrogens is 336 g/mol. The second-order valence-corrected chi connectivity index (χ2v) is 7.32. The van der Waals surface area contributed by atoms with Gasteiger partial charge in [0.05, 0.1) is 6.61 Å². The van der Waals surface area contributed by atoms with Crippen LogP contribution in [-0.2, 0) is 9.53 Å². The molecule has 1 aromatic carbocycles. The number of rotatable bonds is 5. The first-order valence-electron chi connectivity index (χ1n) is 8.72. The van der Waals surface area contributed by atoms with Gasteiger partial charge in [-0.15, -0.1) is 11.3 Å². The minimum Gasteiger partial charge on any atom is -0.383 e. The van der Waals surface area contributed by atoms with Gasteiger partial charge in [-0.05, 0) is 54.3 Å². The van der Waals surface area contributed by atoms with Crippen LogP contribution in [0, 0.1) is 5.92 Å². The van der Waals surface area contributed by atoms with Gasteiger partial charge >= 0.3 is 0 Å². The van der Waals surface area contributed by atoms with Gasteiger partial charge < -0.3 is 15.0 Å². The number of carbonyl (C=O) groups excluding carboxylic acids is 2. The SMILES string of the molecule is COCCNC(=O)C1CCCN(C(=O)c2ccc3sccc3c2)CC1. The highest BCUT2D eigenvalue weighted by Gasteiger charge is 2.25. The van der Waals surface area contributed by atoms with Crippen LogP contribution in [0.2, 0.25) is 0 Å². The first-order chi connectivity index (χ1) is 12.2. The van der Waals surface area contributed by atoms with E-state index in [9.17, 15) is 9.59 Å². The number of hydrogen-bond donors (Lipinski definition) is 1. The molecule has 1 aliphatic rings. The molecule has 2 amide bonds. The summed E-state index contributed by atoms with van der Waals surface area (Å²) in [5.74, 6) is 0.119. The van der Waals surface area contributed by atoms with E-state index < -0.39 is 0 Å². The molecule has 1 atom stereocenters. The lowest BCUT2D eigenvalue weighted by Crippen LogP contribution is -2.35. The van der Waals surface area contributed by atoms with Crippen LogP contribution in [0.4, 0.5) is 0 Å². The molecule has 2 heterocycles. The fraction of sp³-hybridized carbons (Fsp3) is 0.474. The minimum absolute atomic E-state index is 0.0194. The van der Waals surface area contributed by atoms with E-state index in [-0.39, 0.29) is 17.7 Å². The Morgan fingerprint density at radius 3 is 3.00 bits per heavy atom. The average Bonchev–Trinajstić information content (AvgIpc) is 2.95. The third kappa shape index (κ3) is 4.38. The maximum Gasteiger partial charge on any atom is 0.253 e. The molecule has 0 aliphatic carbocycles. The first-order valence-corrected chi connectivity index (χ1v) is 9.60. The molecule has 5 nitrogen and oxygen atoms in total. The zero-order valence-electron chi connectivity index (χ0n) is 14.5. The van der Waals surface area contributed by atoms with Gasteiger partial charge in [-0.3, -0.25) is 9.59 Å². The third-order valence-electron chi connectivity index (χ3n) is 4.69. The predicted molar refractivity (Wildman–Crippen MR) is 100.0 cm³/mol.